The van der Waals surface area contributed by atoms with E-state index in [1.807, 2.05) is 24.0 Å². The molecule has 24 heavy (non-hydrogen) atoms. The van der Waals surface area contributed by atoms with Crippen LogP contribution in [0.4, 0.5) is 5.82 Å². The summed E-state index contributed by atoms with van der Waals surface area (Å²) in [6.45, 7) is 6.73. The number of hydrogen-bond donors (Lipinski definition) is 1. The van der Waals surface area contributed by atoms with Gasteiger partial charge in [-0.15, -0.1) is 5.10 Å². The summed E-state index contributed by atoms with van der Waals surface area (Å²) < 4.78 is 5.83. The van der Waals surface area contributed by atoms with Crippen molar-refractivity contribution in [2.24, 2.45) is 0 Å². The molecule has 0 saturated carbocycles. The summed E-state index contributed by atoms with van der Waals surface area (Å²) in [7, 11) is 0. The highest BCUT2D eigenvalue weighted by Crippen LogP contribution is 2.15. The molecule has 0 aromatic carbocycles. The zero-order valence-corrected chi connectivity index (χ0v) is 14.4. The maximum absolute atomic E-state index is 12.7. The maximum Gasteiger partial charge on any atom is 0.239 e. The first-order chi connectivity index (χ1) is 11.7. The highest BCUT2D eigenvalue weighted by Gasteiger charge is 2.30. The topological polar surface area (TPSA) is 70.6 Å². The van der Waals surface area contributed by atoms with E-state index in [0.717, 1.165) is 44.8 Å². The van der Waals surface area contributed by atoms with Crippen LogP contribution in [0.5, 0.6) is 0 Å². The molecule has 2 saturated heterocycles. The number of rotatable bonds is 5. The third-order valence-corrected chi connectivity index (χ3v) is 4.83. The van der Waals surface area contributed by atoms with E-state index in [2.05, 4.69) is 20.4 Å². The number of hydrogen-bond acceptors (Lipinski definition) is 6. The number of carbonyl (C=O) groups is 1. The summed E-state index contributed by atoms with van der Waals surface area (Å²) in [6, 6.07) is 3.66. The van der Waals surface area contributed by atoms with E-state index in [-0.39, 0.29) is 18.1 Å². The van der Waals surface area contributed by atoms with Crippen molar-refractivity contribution in [2.45, 2.75) is 38.3 Å². The fraction of sp³-hybridized carbons (Fsp3) is 0.706. The average Bonchev–Trinajstić information content (AvgIpc) is 2.67. The molecular weight excluding hydrogens is 306 g/mol. The first-order valence-corrected chi connectivity index (χ1v) is 8.90. The summed E-state index contributed by atoms with van der Waals surface area (Å²) in [5, 5.41) is 11.1. The Morgan fingerprint density at radius 1 is 1.38 bits per heavy atom. The van der Waals surface area contributed by atoms with E-state index in [9.17, 15) is 4.79 Å². The van der Waals surface area contributed by atoms with Gasteiger partial charge in [0.25, 0.3) is 0 Å². The molecule has 3 heterocycles. The lowest BCUT2D eigenvalue weighted by atomic mass is 10.1. The molecule has 3 rings (SSSR count). The highest BCUT2D eigenvalue weighted by molar-refractivity contribution is 5.81. The Bertz CT molecular complexity index is 521. The zero-order valence-electron chi connectivity index (χ0n) is 14.4. The van der Waals surface area contributed by atoms with Crippen LogP contribution >= 0.6 is 0 Å². The molecule has 0 bridgehead atoms. The first-order valence-electron chi connectivity index (χ1n) is 8.90. The standard InChI is InChI=1S/C17H27N5O2/c1-14(17(23)21-8-3-2-4-9-21)22-10-11-24-15(13-22)12-18-16-6-5-7-19-20-16/h5-7,14-15H,2-4,8-13H2,1H3,(H,18,20)/t14-,15-/m1/s1. The molecule has 2 aliphatic heterocycles. The van der Waals surface area contributed by atoms with Crippen LogP contribution in [-0.2, 0) is 9.53 Å². The van der Waals surface area contributed by atoms with Gasteiger partial charge in [0.1, 0.15) is 5.82 Å². The minimum atomic E-state index is -0.0778. The summed E-state index contributed by atoms with van der Waals surface area (Å²) in [6.07, 6.45) is 5.21. The van der Waals surface area contributed by atoms with E-state index < -0.39 is 0 Å². The Morgan fingerprint density at radius 2 is 2.21 bits per heavy atom. The van der Waals surface area contributed by atoms with Crippen LogP contribution in [-0.4, -0.2) is 77.4 Å². The highest BCUT2D eigenvalue weighted by atomic mass is 16.5. The molecule has 7 heteroatoms. The summed E-state index contributed by atoms with van der Waals surface area (Å²) in [5.74, 6) is 1.01. The van der Waals surface area contributed by atoms with Gasteiger partial charge in [-0.3, -0.25) is 9.69 Å². The second kappa shape index (κ2) is 8.39. The number of piperidine rings is 1. The van der Waals surface area contributed by atoms with Gasteiger partial charge in [0.15, 0.2) is 0 Å². The predicted molar refractivity (Wildman–Crippen MR) is 91.7 cm³/mol. The van der Waals surface area contributed by atoms with Gasteiger partial charge in [-0.25, -0.2) is 0 Å². The van der Waals surface area contributed by atoms with Gasteiger partial charge < -0.3 is 15.0 Å². The van der Waals surface area contributed by atoms with Gasteiger partial charge in [-0.2, -0.15) is 5.10 Å². The van der Waals surface area contributed by atoms with Crippen molar-refractivity contribution in [1.29, 1.82) is 0 Å². The van der Waals surface area contributed by atoms with Crippen molar-refractivity contribution in [3.05, 3.63) is 18.3 Å². The molecule has 0 radical (unpaired) electrons. The maximum atomic E-state index is 12.7. The fourth-order valence-corrected chi connectivity index (χ4v) is 3.37. The van der Waals surface area contributed by atoms with Crippen LogP contribution < -0.4 is 5.32 Å². The van der Waals surface area contributed by atoms with Gasteiger partial charge in [0.05, 0.1) is 18.8 Å². The zero-order chi connectivity index (χ0) is 16.8. The van der Waals surface area contributed by atoms with Crippen LogP contribution in [0, 0.1) is 0 Å². The van der Waals surface area contributed by atoms with Gasteiger partial charge in [0, 0.05) is 38.9 Å². The molecular formula is C17H27N5O2. The molecule has 0 unspecified atom stereocenters. The Hall–Kier alpha value is -1.73. The van der Waals surface area contributed by atoms with Gasteiger partial charge in [0.2, 0.25) is 5.91 Å². The molecule has 1 N–H and O–H groups in total. The van der Waals surface area contributed by atoms with Crippen molar-refractivity contribution in [3.63, 3.8) is 0 Å². The number of amides is 1. The van der Waals surface area contributed by atoms with Crippen LogP contribution in [0.3, 0.4) is 0 Å². The van der Waals surface area contributed by atoms with Crippen LogP contribution in [0.25, 0.3) is 0 Å². The number of ether oxygens (including phenoxy) is 1. The lowest BCUT2D eigenvalue weighted by Gasteiger charge is -2.38. The quantitative estimate of drug-likeness (QED) is 0.866. The first kappa shape index (κ1) is 17.1. The van der Waals surface area contributed by atoms with Gasteiger partial charge in [-0.1, -0.05) is 0 Å². The molecule has 0 aliphatic carbocycles. The van der Waals surface area contributed by atoms with Crippen molar-refractivity contribution in [2.75, 3.05) is 44.6 Å². The third kappa shape index (κ3) is 4.42. The second-order valence-corrected chi connectivity index (χ2v) is 6.54. The molecule has 0 spiro atoms. The molecule has 1 aromatic rings. The van der Waals surface area contributed by atoms with Crippen LogP contribution in [0.1, 0.15) is 26.2 Å². The molecule has 1 amide bonds. The summed E-state index contributed by atoms with van der Waals surface area (Å²) in [5.41, 5.74) is 0. The number of morpholine rings is 1. The fourth-order valence-electron chi connectivity index (χ4n) is 3.37. The summed E-state index contributed by atoms with van der Waals surface area (Å²) in [4.78, 5) is 17.0. The Kier molecular flexibility index (Phi) is 5.98. The number of nitrogens with one attached hydrogen (secondary N) is 1. The minimum absolute atomic E-state index is 0.0531. The molecule has 2 atom stereocenters. The lowest BCUT2D eigenvalue weighted by molar-refractivity contribution is -0.140. The number of aromatic nitrogens is 2. The third-order valence-electron chi connectivity index (χ3n) is 4.83. The molecule has 7 nitrogen and oxygen atoms in total. The molecule has 132 valence electrons. The Morgan fingerprint density at radius 3 is 2.96 bits per heavy atom. The number of anilines is 1. The van der Waals surface area contributed by atoms with E-state index in [1.54, 1.807) is 6.20 Å². The van der Waals surface area contributed by atoms with E-state index in [4.69, 9.17) is 4.74 Å². The number of nitrogens with zero attached hydrogens (tertiary/aromatic N) is 4. The largest absolute Gasteiger partial charge is 0.374 e. The lowest BCUT2D eigenvalue weighted by Crippen LogP contribution is -2.54. The van der Waals surface area contributed by atoms with Crippen molar-refractivity contribution >= 4 is 11.7 Å². The number of likely N-dealkylation sites (tertiary alicyclic amines) is 1. The molecule has 2 fully saturated rings. The van der Waals surface area contributed by atoms with Crippen LogP contribution in [0.15, 0.2) is 18.3 Å². The van der Waals surface area contributed by atoms with Crippen molar-refractivity contribution < 1.29 is 9.53 Å². The SMILES string of the molecule is C[C@H](C(=O)N1CCCCC1)N1CCO[C@H](CNc2cccnn2)C1. The molecule has 1 aromatic heterocycles. The molecule has 2 aliphatic rings. The normalized spacial score (nSPS) is 23.7. The summed E-state index contributed by atoms with van der Waals surface area (Å²) >= 11 is 0. The second-order valence-electron chi connectivity index (χ2n) is 6.54. The van der Waals surface area contributed by atoms with E-state index in [1.165, 1.54) is 6.42 Å². The number of carbonyl (C=O) groups excluding carboxylic acids is 1. The predicted octanol–water partition coefficient (Wildman–Crippen LogP) is 0.990. The monoisotopic (exact) mass is 333 g/mol. The van der Waals surface area contributed by atoms with Gasteiger partial charge >= 0.3 is 0 Å². The Balaban J connectivity index is 1.49. The van der Waals surface area contributed by atoms with Gasteiger partial charge in [-0.05, 0) is 38.3 Å². The van der Waals surface area contributed by atoms with Crippen molar-refractivity contribution in [3.8, 4) is 0 Å². The van der Waals surface area contributed by atoms with E-state index in [0.29, 0.717) is 13.2 Å². The van der Waals surface area contributed by atoms with Crippen molar-refractivity contribution in [1.82, 2.24) is 20.0 Å². The average molecular weight is 333 g/mol. The smallest absolute Gasteiger partial charge is 0.239 e. The minimum Gasteiger partial charge on any atom is -0.374 e. The Labute approximate surface area is 143 Å². The van der Waals surface area contributed by atoms with E-state index >= 15 is 0 Å². The van der Waals surface area contributed by atoms with Crippen LogP contribution in [0.2, 0.25) is 0 Å².